The maximum Gasteiger partial charge on any atom is 0.408 e. The standard InChI is InChI=1S/C40H48N6O7S/c1-23(2)41-38-43-32(22-54-38)31-19-34(28-16-15-26(50-3)17-30(28)42-31)51-27-18-33-35-45-40(37(48)53-35)20-24(40)11-7-5-4-6-8-14-29(36(47)46(33)21-27)44-39(49)52-25-12-9-10-13-25/h7,11,15-17,19,22-25,27,29,33H,4-6,8-10,12-14,18,20-21H2,1-3H3,(H,41,43)(H,44,49)/b11-7-. The van der Waals surface area contributed by atoms with Crippen LogP contribution < -0.4 is 20.1 Å². The summed E-state index contributed by atoms with van der Waals surface area (Å²) in [6, 6.07) is 6.26. The van der Waals surface area contributed by atoms with Crippen molar-refractivity contribution in [1.82, 2.24) is 20.2 Å². The molecular weight excluding hydrogens is 709 g/mol. The summed E-state index contributed by atoms with van der Waals surface area (Å²) in [7, 11) is 1.61. The molecular formula is C40H48N6O7S. The van der Waals surface area contributed by atoms with E-state index < -0.39 is 29.8 Å². The second-order valence-electron chi connectivity index (χ2n) is 15.4. The molecule has 3 fully saturated rings. The van der Waals surface area contributed by atoms with E-state index in [-0.39, 0.29) is 42.4 Å². The number of anilines is 1. The van der Waals surface area contributed by atoms with Crippen molar-refractivity contribution < 1.29 is 33.3 Å². The molecule has 0 radical (unpaired) electrons. The molecule has 14 heteroatoms. The number of carbonyl (C=O) groups excluding carboxylic acids is 3. The van der Waals surface area contributed by atoms with Gasteiger partial charge >= 0.3 is 12.1 Å². The van der Waals surface area contributed by atoms with E-state index in [0.29, 0.717) is 47.7 Å². The Morgan fingerprint density at radius 2 is 1.87 bits per heavy atom. The molecule has 5 unspecified atom stereocenters. The monoisotopic (exact) mass is 756 g/mol. The second-order valence-corrected chi connectivity index (χ2v) is 16.2. The van der Waals surface area contributed by atoms with Gasteiger partial charge in [-0.05, 0) is 77.3 Å². The number of carbonyl (C=O) groups is 3. The lowest BCUT2D eigenvalue weighted by molar-refractivity contribution is -0.138. The molecule has 2 N–H and O–H groups in total. The van der Waals surface area contributed by atoms with Crippen molar-refractivity contribution in [3.8, 4) is 22.9 Å². The Labute approximate surface area is 318 Å². The Morgan fingerprint density at radius 3 is 2.69 bits per heavy atom. The first-order valence-corrected chi connectivity index (χ1v) is 20.2. The third-order valence-electron chi connectivity index (χ3n) is 11.0. The van der Waals surface area contributed by atoms with Crippen LogP contribution in [0.25, 0.3) is 22.3 Å². The van der Waals surface area contributed by atoms with Crippen molar-refractivity contribution in [2.75, 3.05) is 19.0 Å². The summed E-state index contributed by atoms with van der Waals surface area (Å²) >= 11 is 1.51. The van der Waals surface area contributed by atoms with Crippen LogP contribution in [0.4, 0.5) is 9.93 Å². The van der Waals surface area contributed by atoms with E-state index in [1.807, 2.05) is 29.6 Å². The number of pyridine rings is 1. The molecule has 286 valence electrons. The number of amides is 2. The van der Waals surface area contributed by atoms with E-state index in [2.05, 4.69) is 36.6 Å². The Bertz CT molecular complexity index is 1970. The highest BCUT2D eigenvalue weighted by Crippen LogP contribution is 2.52. The zero-order valence-electron chi connectivity index (χ0n) is 31.0. The van der Waals surface area contributed by atoms with Gasteiger partial charge in [-0.3, -0.25) is 4.79 Å². The summed E-state index contributed by atoms with van der Waals surface area (Å²) in [4.78, 5) is 57.5. The fraction of sp³-hybridized carbons (Fsp3) is 0.550. The first kappa shape index (κ1) is 36.3. The molecule has 13 nitrogen and oxygen atoms in total. The van der Waals surface area contributed by atoms with E-state index in [9.17, 15) is 14.4 Å². The van der Waals surface area contributed by atoms with Gasteiger partial charge < -0.3 is 34.5 Å². The SMILES string of the molecule is COc1ccc2c(OC3CC4C5=NC6(CC6/C=C\CCCCCC(NC(=O)OC6CCCC6)C(=O)N4C3)C(=O)O5)cc(-c3csc(NC(C)C)n3)nc2c1. The maximum atomic E-state index is 14.6. The van der Waals surface area contributed by atoms with Crippen LogP contribution in [0.3, 0.4) is 0 Å². The molecule has 3 aliphatic heterocycles. The number of allylic oxidation sites excluding steroid dienone is 1. The third-order valence-corrected chi connectivity index (χ3v) is 11.8. The fourth-order valence-electron chi connectivity index (χ4n) is 8.07. The summed E-state index contributed by atoms with van der Waals surface area (Å²) in [6.07, 6.45) is 11.6. The van der Waals surface area contributed by atoms with Gasteiger partial charge in [0.05, 0.1) is 24.9 Å². The average Bonchev–Trinajstić information content (AvgIpc) is 3.69. The minimum Gasteiger partial charge on any atom is -0.497 e. The number of rotatable bonds is 8. The number of benzene rings is 1. The first-order chi connectivity index (χ1) is 26.2. The summed E-state index contributed by atoms with van der Waals surface area (Å²) in [5.74, 6) is 0.796. The molecule has 2 aliphatic carbocycles. The van der Waals surface area contributed by atoms with E-state index in [4.69, 9.17) is 33.9 Å². The first-order valence-electron chi connectivity index (χ1n) is 19.3. The molecule has 8 rings (SSSR count). The van der Waals surface area contributed by atoms with Gasteiger partial charge in [0.1, 0.15) is 41.5 Å². The number of ether oxygens (including phenoxy) is 4. The average molecular weight is 757 g/mol. The van der Waals surface area contributed by atoms with Crippen molar-refractivity contribution in [1.29, 1.82) is 0 Å². The second kappa shape index (κ2) is 15.2. The van der Waals surface area contributed by atoms with Crippen LogP contribution in [0.2, 0.25) is 0 Å². The van der Waals surface area contributed by atoms with Crippen molar-refractivity contribution in [2.24, 2.45) is 10.9 Å². The number of nitrogens with zero attached hydrogens (tertiary/aromatic N) is 4. The van der Waals surface area contributed by atoms with Crippen LogP contribution in [0.15, 0.2) is 46.8 Å². The van der Waals surface area contributed by atoms with Gasteiger partial charge in [0, 0.05) is 41.3 Å². The van der Waals surface area contributed by atoms with Gasteiger partial charge in [0.25, 0.3) is 0 Å². The van der Waals surface area contributed by atoms with Crippen molar-refractivity contribution in [2.45, 2.75) is 120 Å². The molecule has 2 bridgehead atoms. The number of hydrogen-bond acceptors (Lipinski definition) is 12. The van der Waals surface area contributed by atoms with Crippen LogP contribution in [0.5, 0.6) is 11.5 Å². The van der Waals surface area contributed by atoms with E-state index in [0.717, 1.165) is 61.9 Å². The third kappa shape index (κ3) is 7.49. The zero-order valence-corrected chi connectivity index (χ0v) is 31.9. The van der Waals surface area contributed by atoms with Crippen LogP contribution >= 0.6 is 11.3 Å². The summed E-state index contributed by atoms with van der Waals surface area (Å²) < 4.78 is 24.0. The highest BCUT2D eigenvalue weighted by atomic mass is 32.1. The number of thiazole rings is 1. The molecule has 5 heterocycles. The van der Waals surface area contributed by atoms with Gasteiger partial charge in [-0.1, -0.05) is 25.0 Å². The van der Waals surface area contributed by atoms with Crippen molar-refractivity contribution >= 4 is 51.2 Å². The Kier molecular flexibility index (Phi) is 10.2. The van der Waals surface area contributed by atoms with Crippen LogP contribution in [-0.4, -0.2) is 88.3 Å². The number of hydrogen-bond donors (Lipinski definition) is 2. The normalized spacial score (nSPS) is 27.7. The zero-order chi connectivity index (χ0) is 37.4. The number of aromatic nitrogens is 2. The number of esters is 1. The summed E-state index contributed by atoms with van der Waals surface area (Å²) in [5, 5.41) is 9.80. The lowest BCUT2D eigenvalue weighted by atomic mass is 10.0. The molecule has 2 aromatic heterocycles. The van der Waals surface area contributed by atoms with Crippen LogP contribution in [-0.2, 0) is 19.1 Å². The lowest BCUT2D eigenvalue weighted by Gasteiger charge is -2.28. The molecule has 5 atom stereocenters. The Morgan fingerprint density at radius 1 is 1.04 bits per heavy atom. The van der Waals surface area contributed by atoms with Crippen LogP contribution in [0, 0.1) is 5.92 Å². The number of methoxy groups -OCH3 is 1. The molecule has 1 saturated heterocycles. The number of fused-ring (bicyclic) bond motifs is 3. The molecule has 2 amide bonds. The van der Waals surface area contributed by atoms with E-state index in [1.54, 1.807) is 12.0 Å². The predicted octanol–water partition coefficient (Wildman–Crippen LogP) is 6.81. The van der Waals surface area contributed by atoms with Gasteiger partial charge in [0.15, 0.2) is 10.7 Å². The fourth-order valence-corrected chi connectivity index (χ4v) is 8.93. The lowest BCUT2D eigenvalue weighted by Crippen LogP contribution is -2.52. The Hall–Kier alpha value is -4.72. The van der Waals surface area contributed by atoms with E-state index in [1.165, 1.54) is 11.3 Å². The molecule has 1 aromatic carbocycles. The molecule has 3 aromatic rings. The molecule has 5 aliphatic rings. The summed E-state index contributed by atoms with van der Waals surface area (Å²) in [5.41, 5.74) is 1.08. The maximum absolute atomic E-state index is 14.6. The highest BCUT2D eigenvalue weighted by Gasteiger charge is 2.65. The molecule has 54 heavy (non-hydrogen) atoms. The van der Waals surface area contributed by atoms with Crippen molar-refractivity contribution in [3.05, 3.63) is 41.8 Å². The van der Waals surface area contributed by atoms with Gasteiger partial charge in [-0.2, -0.15) is 0 Å². The Balaban J connectivity index is 1.11. The van der Waals surface area contributed by atoms with Gasteiger partial charge in [0.2, 0.25) is 11.8 Å². The summed E-state index contributed by atoms with van der Waals surface area (Å²) in [6.45, 7) is 4.32. The molecule has 2 saturated carbocycles. The number of aliphatic imine (C=N–C) groups is 1. The highest BCUT2D eigenvalue weighted by molar-refractivity contribution is 7.14. The number of alkyl carbamates (subject to hydrolysis) is 1. The predicted molar refractivity (Wildman–Crippen MR) is 205 cm³/mol. The van der Waals surface area contributed by atoms with E-state index >= 15 is 0 Å². The minimum absolute atomic E-state index is 0.0226. The van der Waals surface area contributed by atoms with Gasteiger partial charge in [-0.25, -0.2) is 24.5 Å². The minimum atomic E-state index is -0.936. The van der Waals surface area contributed by atoms with Crippen LogP contribution in [0.1, 0.15) is 84.5 Å². The van der Waals surface area contributed by atoms with Gasteiger partial charge in [-0.15, -0.1) is 11.3 Å². The van der Waals surface area contributed by atoms with Crippen molar-refractivity contribution in [3.63, 3.8) is 0 Å². The quantitative estimate of drug-likeness (QED) is 0.185. The number of nitrogens with one attached hydrogen (secondary N) is 2. The smallest absolute Gasteiger partial charge is 0.408 e. The molecule has 1 spiro atoms. The topological polar surface area (TPSA) is 154 Å². The largest absolute Gasteiger partial charge is 0.497 e.